The average Bonchev–Trinajstić information content (AvgIpc) is 2.53. The minimum atomic E-state index is -0.242. The molecule has 1 aliphatic carbocycles. The summed E-state index contributed by atoms with van der Waals surface area (Å²) in [6.07, 6.45) is 3.51. The first-order chi connectivity index (χ1) is 10.6. The summed E-state index contributed by atoms with van der Waals surface area (Å²) < 4.78 is 10.5. The third-order valence-corrected chi connectivity index (χ3v) is 4.02. The van der Waals surface area contributed by atoms with Gasteiger partial charge in [-0.15, -0.1) is 0 Å². The Labute approximate surface area is 131 Å². The molecule has 1 N–H and O–H groups in total. The molecule has 5 heteroatoms. The molecule has 2 atom stereocenters. The molecule has 1 fully saturated rings. The fourth-order valence-corrected chi connectivity index (χ4v) is 2.71. The standard InChI is InChI=1S/C17H24N2O3/c1-12-5-4-6-13(2)17(12)19-18-16(20)11-22-15-9-7-14(21-3)8-10-15/h7-10,12-13H,4-6,11H2,1-3H3,(H,18,20)/t12-,13-/m0/s1. The van der Waals surface area contributed by atoms with Crippen molar-refractivity contribution in [2.75, 3.05) is 13.7 Å². The molecule has 22 heavy (non-hydrogen) atoms. The molecule has 120 valence electrons. The van der Waals surface area contributed by atoms with Gasteiger partial charge in [-0.25, -0.2) is 5.43 Å². The summed E-state index contributed by atoms with van der Waals surface area (Å²) in [5.74, 6) is 2.01. The van der Waals surface area contributed by atoms with Crippen molar-refractivity contribution in [3.8, 4) is 11.5 Å². The zero-order chi connectivity index (χ0) is 15.9. The minimum absolute atomic E-state index is 0.0497. The first-order valence-corrected chi connectivity index (χ1v) is 7.73. The van der Waals surface area contributed by atoms with E-state index in [2.05, 4.69) is 24.4 Å². The quantitative estimate of drug-likeness (QED) is 0.851. The Bertz CT molecular complexity index is 513. The number of rotatable bonds is 5. The fraction of sp³-hybridized carbons (Fsp3) is 0.529. The summed E-state index contributed by atoms with van der Waals surface area (Å²) in [6, 6.07) is 7.12. The van der Waals surface area contributed by atoms with Gasteiger partial charge < -0.3 is 9.47 Å². The second kappa shape index (κ2) is 7.82. The Hall–Kier alpha value is -2.04. The lowest BCUT2D eigenvalue weighted by molar-refractivity contribution is -0.123. The van der Waals surface area contributed by atoms with Gasteiger partial charge in [-0.2, -0.15) is 5.10 Å². The van der Waals surface area contributed by atoms with Crippen LogP contribution >= 0.6 is 0 Å². The number of nitrogens with one attached hydrogen (secondary N) is 1. The lowest BCUT2D eigenvalue weighted by Gasteiger charge is -2.26. The molecule has 1 aromatic carbocycles. The van der Waals surface area contributed by atoms with Crippen LogP contribution in [0.15, 0.2) is 29.4 Å². The molecule has 1 amide bonds. The number of carbonyl (C=O) groups excluding carboxylic acids is 1. The maximum atomic E-state index is 11.8. The van der Waals surface area contributed by atoms with Gasteiger partial charge >= 0.3 is 0 Å². The molecule has 2 rings (SSSR count). The predicted molar refractivity (Wildman–Crippen MR) is 86.2 cm³/mol. The van der Waals surface area contributed by atoms with Crippen molar-refractivity contribution in [1.82, 2.24) is 5.43 Å². The van der Waals surface area contributed by atoms with E-state index >= 15 is 0 Å². The summed E-state index contributed by atoms with van der Waals surface area (Å²) >= 11 is 0. The van der Waals surface area contributed by atoms with Gasteiger partial charge in [0.25, 0.3) is 5.91 Å². The average molecular weight is 304 g/mol. The molecule has 0 aromatic heterocycles. The normalized spacial score (nSPS) is 21.1. The second-order valence-electron chi connectivity index (χ2n) is 5.77. The largest absolute Gasteiger partial charge is 0.497 e. The number of amides is 1. The van der Waals surface area contributed by atoms with Crippen LogP contribution in [-0.2, 0) is 4.79 Å². The second-order valence-corrected chi connectivity index (χ2v) is 5.77. The number of hydrazone groups is 1. The van der Waals surface area contributed by atoms with Crippen molar-refractivity contribution in [2.24, 2.45) is 16.9 Å². The topological polar surface area (TPSA) is 59.9 Å². The smallest absolute Gasteiger partial charge is 0.277 e. The summed E-state index contributed by atoms with van der Waals surface area (Å²) in [5, 5.41) is 4.30. The lowest BCUT2D eigenvalue weighted by Crippen LogP contribution is -2.31. The molecule has 1 aromatic rings. The molecule has 0 saturated heterocycles. The Balaban J connectivity index is 1.82. The molecule has 0 heterocycles. The molecule has 0 radical (unpaired) electrons. The molecule has 0 unspecified atom stereocenters. The Morgan fingerprint density at radius 1 is 1.18 bits per heavy atom. The van der Waals surface area contributed by atoms with Crippen molar-refractivity contribution >= 4 is 11.6 Å². The van der Waals surface area contributed by atoms with Crippen LogP contribution < -0.4 is 14.9 Å². The highest BCUT2D eigenvalue weighted by molar-refractivity contribution is 5.90. The van der Waals surface area contributed by atoms with E-state index in [-0.39, 0.29) is 12.5 Å². The van der Waals surface area contributed by atoms with Crippen LogP contribution in [0.2, 0.25) is 0 Å². The first kappa shape index (κ1) is 16.3. The SMILES string of the molecule is COc1ccc(OCC(=O)NN=C2[C@@H](C)CCC[C@@H]2C)cc1. The molecule has 5 nitrogen and oxygen atoms in total. The maximum Gasteiger partial charge on any atom is 0.277 e. The van der Waals surface area contributed by atoms with Crippen LogP contribution in [0.3, 0.4) is 0 Å². The molecule has 0 spiro atoms. The van der Waals surface area contributed by atoms with Crippen molar-refractivity contribution in [3.63, 3.8) is 0 Å². The number of hydrogen-bond acceptors (Lipinski definition) is 4. The maximum absolute atomic E-state index is 11.8. The summed E-state index contributed by atoms with van der Waals surface area (Å²) in [7, 11) is 1.61. The summed E-state index contributed by atoms with van der Waals surface area (Å²) in [4.78, 5) is 11.8. The van der Waals surface area contributed by atoms with E-state index in [1.54, 1.807) is 31.4 Å². The van der Waals surface area contributed by atoms with Gasteiger partial charge in [0.15, 0.2) is 6.61 Å². The van der Waals surface area contributed by atoms with Crippen molar-refractivity contribution in [3.05, 3.63) is 24.3 Å². The van der Waals surface area contributed by atoms with Crippen LogP contribution in [-0.4, -0.2) is 25.3 Å². The van der Waals surface area contributed by atoms with Crippen molar-refractivity contribution < 1.29 is 14.3 Å². The molecule has 1 aliphatic rings. The molecular formula is C17H24N2O3. The summed E-state index contributed by atoms with van der Waals surface area (Å²) in [6.45, 7) is 4.27. The molecule has 1 saturated carbocycles. The van der Waals surface area contributed by atoms with E-state index in [0.29, 0.717) is 17.6 Å². The monoisotopic (exact) mass is 304 g/mol. The highest BCUT2D eigenvalue weighted by Gasteiger charge is 2.23. The lowest BCUT2D eigenvalue weighted by atomic mass is 9.81. The van der Waals surface area contributed by atoms with Gasteiger partial charge in [0.2, 0.25) is 0 Å². The number of ether oxygens (including phenoxy) is 2. The third kappa shape index (κ3) is 4.48. The Morgan fingerprint density at radius 3 is 2.36 bits per heavy atom. The first-order valence-electron chi connectivity index (χ1n) is 7.73. The van der Waals surface area contributed by atoms with Gasteiger partial charge in [-0.3, -0.25) is 4.79 Å². The van der Waals surface area contributed by atoms with Crippen LogP contribution in [0.5, 0.6) is 11.5 Å². The van der Waals surface area contributed by atoms with Crippen LogP contribution in [0.25, 0.3) is 0 Å². The van der Waals surface area contributed by atoms with E-state index in [1.807, 2.05) is 0 Å². The van der Waals surface area contributed by atoms with Gasteiger partial charge in [-0.05, 0) is 48.9 Å². The third-order valence-electron chi connectivity index (χ3n) is 4.02. The van der Waals surface area contributed by atoms with Crippen LogP contribution in [0.4, 0.5) is 0 Å². The molecule has 0 bridgehead atoms. The highest BCUT2D eigenvalue weighted by atomic mass is 16.5. The summed E-state index contributed by atoms with van der Waals surface area (Å²) in [5.41, 5.74) is 3.69. The van der Waals surface area contributed by atoms with Gasteiger partial charge in [0, 0.05) is 5.71 Å². The number of benzene rings is 1. The fourth-order valence-electron chi connectivity index (χ4n) is 2.71. The number of nitrogens with zero attached hydrogens (tertiary/aromatic N) is 1. The van der Waals surface area contributed by atoms with E-state index in [1.165, 1.54) is 6.42 Å². The van der Waals surface area contributed by atoms with E-state index in [4.69, 9.17) is 9.47 Å². The van der Waals surface area contributed by atoms with Gasteiger partial charge in [0.05, 0.1) is 7.11 Å². The zero-order valence-corrected chi connectivity index (χ0v) is 13.5. The molecular weight excluding hydrogens is 280 g/mol. The van der Waals surface area contributed by atoms with E-state index in [9.17, 15) is 4.79 Å². The van der Waals surface area contributed by atoms with Crippen molar-refractivity contribution in [1.29, 1.82) is 0 Å². The Morgan fingerprint density at radius 2 is 1.77 bits per heavy atom. The van der Waals surface area contributed by atoms with Gasteiger partial charge in [0.1, 0.15) is 11.5 Å². The Kier molecular flexibility index (Phi) is 5.81. The van der Waals surface area contributed by atoms with Crippen molar-refractivity contribution in [2.45, 2.75) is 33.1 Å². The van der Waals surface area contributed by atoms with Crippen LogP contribution in [0.1, 0.15) is 33.1 Å². The number of hydrogen-bond donors (Lipinski definition) is 1. The van der Waals surface area contributed by atoms with Gasteiger partial charge in [-0.1, -0.05) is 20.3 Å². The number of methoxy groups -OCH3 is 1. The van der Waals surface area contributed by atoms with E-state index < -0.39 is 0 Å². The highest BCUT2D eigenvalue weighted by Crippen LogP contribution is 2.25. The van der Waals surface area contributed by atoms with Crippen LogP contribution in [0, 0.1) is 11.8 Å². The van der Waals surface area contributed by atoms with E-state index in [0.717, 1.165) is 24.3 Å². The minimum Gasteiger partial charge on any atom is -0.497 e. The number of carbonyl (C=O) groups is 1. The molecule has 0 aliphatic heterocycles. The predicted octanol–water partition coefficient (Wildman–Crippen LogP) is 3.00. The zero-order valence-electron chi connectivity index (χ0n) is 13.5.